The van der Waals surface area contributed by atoms with E-state index in [0.29, 0.717) is 27.2 Å². The summed E-state index contributed by atoms with van der Waals surface area (Å²) in [6.45, 7) is 3.32. The molecule has 0 unspecified atom stereocenters. The average Bonchev–Trinajstić information content (AvgIpc) is 2.88. The van der Waals surface area contributed by atoms with Crippen LogP contribution in [-0.2, 0) is 0 Å². The fourth-order valence-electron chi connectivity index (χ4n) is 1.87. The number of methoxy groups -OCH3 is 2. The summed E-state index contributed by atoms with van der Waals surface area (Å²) in [6.07, 6.45) is 1.62. The van der Waals surface area contributed by atoms with E-state index in [1.807, 2.05) is 18.2 Å². The molecule has 0 fully saturated rings. The van der Waals surface area contributed by atoms with Crippen LogP contribution in [0.3, 0.4) is 0 Å². The molecule has 0 aliphatic rings. The summed E-state index contributed by atoms with van der Waals surface area (Å²) in [4.78, 5) is 16.3. The normalized spacial score (nSPS) is 10.7. The van der Waals surface area contributed by atoms with Crippen molar-refractivity contribution in [1.82, 2.24) is 4.98 Å². The first kappa shape index (κ1) is 16.0. The molecule has 1 aromatic carbocycles. The predicted molar refractivity (Wildman–Crippen MR) is 87.6 cm³/mol. The number of ketones is 1. The van der Waals surface area contributed by atoms with E-state index in [4.69, 9.17) is 9.47 Å². The van der Waals surface area contributed by atoms with Gasteiger partial charge in [-0.05, 0) is 25.1 Å². The largest absolute Gasteiger partial charge is 0.497 e. The molecule has 22 heavy (non-hydrogen) atoms. The highest BCUT2D eigenvalue weighted by Crippen LogP contribution is 2.24. The Kier molecular flexibility index (Phi) is 5.11. The van der Waals surface area contributed by atoms with Crippen molar-refractivity contribution >= 4 is 28.5 Å². The number of aromatic nitrogens is 1. The molecule has 0 spiro atoms. The van der Waals surface area contributed by atoms with Gasteiger partial charge >= 0.3 is 0 Å². The summed E-state index contributed by atoms with van der Waals surface area (Å²) in [5.74, 6) is 1.40. The zero-order valence-corrected chi connectivity index (χ0v) is 13.7. The van der Waals surface area contributed by atoms with Crippen LogP contribution in [0.2, 0.25) is 0 Å². The van der Waals surface area contributed by atoms with Gasteiger partial charge in [0.25, 0.3) is 0 Å². The standard InChI is InChI=1S/C15H17N3O3S/c1-9-14(10(2)19)22-15(17-9)18-16-8-11-7-12(20-3)5-6-13(11)21-4/h5-8H,1-4H3,(H,17,18). The van der Waals surface area contributed by atoms with Crippen molar-refractivity contribution in [3.63, 3.8) is 0 Å². The number of Topliss-reactive ketones (excluding diaryl/α,β-unsaturated/α-hetero) is 1. The van der Waals surface area contributed by atoms with Gasteiger partial charge in [-0.1, -0.05) is 11.3 Å². The number of hydrazone groups is 1. The van der Waals surface area contributed by atoms with Crippen LogP contribution in [0.4, 0.5) is 5.13 Å². The highest BCUT2D eigenvalue weighted by Gasteiger charge is 2.10. The number of aryl methyl sites for hydroxylation is 1. The lowest BCUT2D eigenvalue weighted by atomic mass is 10.2. The van der Waals surface area contributed by atoms with Gasteiger partial charge in [-0.2, -0.15) is 5.10 Å². The molecule has 0 atom stereocenters. The molecule has 7 heteroatoms. The maximum Gasteiger partial charge on any atom is 0.204 e. The summed E-state index contributed by atoms with van der Waals surface area (Å²) in [7, 11) is 3.19. The van der Waals surface area contributed by atoms with E-state index in [-0.39, 0.29) is 5.78 Å². The molecule has 1 N–H and O–H groups in total. The second-order valence-corrected chi connectivity index (χ2v) is 5.47. The van der Waals surface area contributed by atoms with E-state index in [2.05, 4.69) is 15.5 Å². The lowest BCUT2D eigenvalue weighted by molar-refractivity contribution is 0.102. The van der Waals surface area contributed by atoms with Crippen LogP contribution < -0.4 is 14.9 Å². The van der Waals surface area contributed by atoms with E-state index in [9.17, 15) is 4.79 Å². The Hall–Kier alpha value is -2.41. The number of ether oxygens (including phenoxy) is 2. The molecule has 2 aromatic rings. The van der Waals surface area contributed by atoms with Crippen LogP contribution in [0.15, 0.2) is 23.3 Å². The monoisotopic (exact) mass is 319 g/mol. The Morgan fingerprint density at radius 1 is 1.36 bits per heavy atom. The molecular weight excluding hydrogens is 302 g/mol. The third-order valence-corrected chi connectivity index (χ3v) is 4.08. The van der Waals surface area contributed by atoms with Gasteiger partial charge in [0.15, 0.2) is 5.78 Å². The minimum atomic E-state index is 0.00138. The van der Waals surface area contributed by atoms with Crippen molar-refractivity contribution in [3.8, 4) is 11.5 Å². The number of anilines is 1. The van der Waals surface area contributed by atoms with Crippen LogP contribution in [-0.4, -0.2) is 31.2 Å². The number of nitrogens with one attached hydrogen (secondary N) is 1. The smallest absolute Gasteiger partial charge is 0.204 e. The van der Waals surface area contributed by atoms with Gasteiger partial charge in [-0.3, -0.25) is 10.2 Å². The first-order valence-electron chi connectivity index (χ1n) is 6.54. The van der Waals surface area contributed by atoms with Gasteiger partial charge in [0.05, 0.1) is 31.0 Å². The minimum Gasteiger partial charge on any atom is -0.497 e. The summed E-state index contributed by atoms with van der Waals surface area (Å²) < 4.78 is 10.4. The number of rotatable bonds is 6. The Morgan fingerprint density at radius 2 is 2.14 bits per heavy atom. The van der Waals surface area contributed by atoms with E-state index >= 15 is 0 Å². The van der Waals surface area contributed by atoms with Crippen LogP contribution >= 0.6 is 11.3 Å². The van der Waals surface area contributed by atoms with Gasteiger partial charge < -0.3 is 9.47 Å². The highest BCUT2D eigenvalue weighted by atomic mass is 32.1. The van der Waals surface area contributed by atoms with E-state index in [1.54, 1.807) is 27.4 Å². The molecule has 1 heterocycles. The maximum absolute atomic E-state index is 11.4. The Balaban J connectivity index is 2.15. The summed E-state index contributed by atoms with van der Waals surface area (Å²) in [6, 6.07) is 5.44. The molecule has 0 amide bonds. The fraction of sp³-hybridized carbons (Fsp3) is 0.267. The number of hydrogen-bond acceptors (Lipinski definition) is 7. The Labute approximate surface area is 132 Å². The lowest BCUT2D eigenvalue weighted by Crippen LogP contribution is -1.95. The average molecular weight is 319 g/mol. The Morgan fingerprint density at radius 3 is 2.73 bits per heavy atom. The number of nitrogens with zero attached hydrogens (tertiary/aromatic N) is 2. The number of benzene rings is 1. The molecule has 1 aromatic heterocycles. The number of carbonyl (C=O) groups excluding carboxylic acids is 1. The molecule has 0 saturated carbocycles. The van der Waals surface area contributed by atoms with Crippen molar-refractivity contribution in [1.29, 1.82) is 0 Å². The van der Waals surface area contributed by atoms with E-state index < -0.39 is 0 Å². The van der Waals surface area contributed by atoms with Crippen molar-refractivity contribution in [3.05, 3.63) is 34.3 Å². The molecule has 0 saturated heterocycles. The first-order chi connectivity index (χ1) is 10.5. The highest BCUT2D eigenvalue weighted by molar-refractivity contribution is 7.17. The molecule has 0 aliphatic carbocycles. The number of hydrogen-bond donors (Lipinski definition) is 1. The molecule has 0 bridgehead atoms. The van der Waals surface area contributed by atoms with Crippen LogP contribution in [0.1, 0.15) is 27.9 Å². The fourth-order valence-corrected chi connectivity index (χ4v) is 2.68. The molecule has 0 radical (unpaired) electrons. The van der Waals surface area contributed by atoms with Crippen molar-refractivity contribution in [2.45, 2.75) is 13.8 Å². The zero-order chi connectivity index (χ0) is 16.1. The molecular formula is C15H17N3O3S. The molecule has 2 rings (SSSR count). The van der Waals surface area contributed by atoms with Crippen LogP contribution in [0.5, 0.6) is 11.5 Å². The van der Waals surface area contributed by atoms with Crippen molar-refractivity contribution in [2.24, 2.45) is 5.10 Å². The second kappa shape index (κ2) is 7.04. The van der Waals surface area contributed by atoms with Gasteiger partial charge in [0, 0.05) is 12.5 Å². The number of carbonyl (C=O) groups is 1. The molecule has 6 nitrogen and oxygen atoms in total. The van der Waals surface area contributed by atoms with Gasteiger partial charge in [0.2, 0.25) is 5.13 Å². The predicted octanol–water partition coefficient (Wildman–Crippen LogP) is 3.12. The van der Waals surface area contributed by atoms with E-state index in [0.717, 1.165) is 5.56 Å². The molecule has 116 valence electrons. The second-order valence-electron chi connectivity index (χ2n) is 4.47. The summed E-state index contributed by atoms with van der Waals surface area (Å²) >= 11 is 1.28. The van der Waals surface area contributed by atoms with Crippen LogP contribution in [0, 0.1) is 6.92 Å². The van der Waals surface area contributed by atoms with E-state index in [1.165, 1.54) is 18.3 Å². The van der Waals surface area contributed by atoms with Gasteiger partial charge in [-0.25, -0.2) is 4.98 Å². The quantitative estimate of drug-likeness (QED) is 0.503. The SMILES string of the molecule is COc1ccc(OC)c(C=NNc2nc(C)c(C(C)=O)s2)c1. The summed E-state index contributed by atoms with van der Waals surface area (Å²) in [5, 5.41) is 4.71. The zero-order valence-electron chi connectivity index (χ0n) is 12.8. The first-order valence-corrected chi connectivity index (χ1v) is 7.36. The minimum absolute atomic E-state index is 0.00138. The van der Waals surface area contributed by atoms with Crippen molar-refractivity contribution in [2.75, 3.05) is 19.6 Å². The third-order valence-electron chi connectivity index (χ3n) is 2.92. The summed E-state index contributed by atoms with van der Waals surface area (Å²) in [5.41, 5.74) is 4.30. The maximum atomic E-state index is 11.4. The molecule has 0 aliphatic heterocycles. The third kappa shape index (κ3) is 3.62. The van der Waals surface area contributed by atoms with Crippen molar-refractivity contribution < 1.29 is 14.3 Å². The lowest BCUT2D eigenvalue weighted by Gasteiger charge is -2.06. The topological polar surface area (TPSA) is 72.8 Å². The van der Waals surface area contributed by atoms with Gasteiger partial charge in [0.1, 0.15) is 11.5 Å². The number of thiazole rings is 1. The Bertz CT molecular complexity index is 710. The van der Waals surface area contributed by atoms with Crippen LogP contribution in [0.25, 0.3) is 0 Å². The van der Waals surface area contributed by atoms with Gasteiger partial charge in [-0.15, -0.1) is 0 Å².